The van der Waals surface area contributed by atoms with E-state index in [9.17, 15) is 9.59 Å². The number of nitrogens with one attached hydrogen (secondary N) is 1. The molecular formula is C19H24N2O4. The Balaban J connectivity index is 1.71. The monoisotopic (exact) mass is 344 g/mol. The maximum absolute atomic E-state index is 11.9. The summed E-state index contributed by atoms with van der Waals surface area (Å²) in [4.78, 5) is 23.8. The zero-order valence-corrected chi connectivity index (χ0v) is 14.7. The van der Waals surface area contributed by atoms with Gasteiger partial charge in [-0.15, -0.1) is 0 Å². The molecule has 0 aromatic heterocycles. The lowest BCUT2D eigenvalue weighted by atomic mass is 9.87. The zero-order valence-electron chi connectivity index (χ0n) is 14.7. The van der Waals surface area contributed by atoms with E-state index in [1.807, 2.05) is 6.07 Å². The van der Waals surface area contributed by atoms with Crippen molar-refractivity contribution in [3.8, 4) is 11.8 Å². The van der Waals surface area contributed by atoms with E-state index in [4.69, 9.17) is 14.7 Å². The molecule has 25 heavy (non-hydrogen) atoms. The van der Waals surface area contributed by atoms with E-state index in [0.29, 0.717) is 17.2 Å². The molecule has 134 valence electrons. The van der Waals surface area contributed by atoms with Crippen LogP contribution in [0, 0.1) is 17.2 Å². The first kappa shape index (κ1) is 18.8. The Hall–Kier alpha value is -2.55. The quantitative estimate of drug-likeness (QED) is 0.801. The molecule has 0 bridgehead atoms. The van der Waals surface area contributed by atoms with Crippen LogP contribution in [0.3, 0.4) is 0 Å². The van der Waals surface area contributed by atoms with E-state index in [-0.39, 0.29) is 18.6 Å². The third-order valence-electron chi connectivity index (χ3n) is 4.35. The first-order valence-corrected chi connectivity index (χ1v) is 8.60. The van der Waals surface area contributed by atoms with E-state index in [0.717, 1.165) is 25.7 Å². The molecule has 1 saturated carbocycles. The molecule has 1 amide bonds. The van der Waals surface area contributed by atoms with Gasteiger partial charge in [-0.3, -0.25) is 4.79 Å². The first-order chi connectivity index (χ1) is 12.0. The van der Waals surface area contributed by atoms with Gasteiger partial charge in [0.15, 0.2) is 12.7 Å². The molecule has 1 atom stereocenters. The van der Waals surface area contributed by atoms with Gasteiger partial charge in [-0.25, -0.2) is 4.79 Å². The van der Waals surface area contributed by atoms with Crippen molar-refractivity contribution in [3.05, 3.63) is 29.8 Å². The summed E-state index contributed by atoms with van der Waals surface area (Å²) < 4.78 is 10.5. The van der Waals surface area contributed by atoms with Crippen LogP contribution in [-0.2, 0) is 14.3 Å². The van der Waals surface area contributed by atoms with Crippen LogP contribution in [0.15, 0.2) is 24.3 Å². The lowest BCUT2D eigenvalue weighted by molar-refractivity contribution is -0.154. The van der Waals surface area contributed by atoms with Crippen LogP contribution in [0.4, 0.5) is 0 Å². The highest BCUT2D eigenvalue weighted by molar-refractivity contribution is 5.82. The number of hydrogen-bond acceptors (Lipinski definition) is 5. The Bertz CT molecular complexity index is 628. The van der Waals surface area contributed by atoms with Gasteiger partial charge >= 0.3 is 5.97 Å². The third kappa shape index (κ3) is 6.11. The maximum atomic E-state index is 11.9. The molecule has 0 radical (unpaired) electrons. The zero-order chi connectivity index (χ0) is 18.2. The summed E-state index contributed by atoms with van der Waals surface area (Å²) in [6.07, 6.45) is 3.33. The van der Waals surface area contributed by atoms with E-state index in [2.05, 4.69) is 12.2 Å². The number of ether oxygens (including phenoxy) is 2. The number of nitriles is 1. The third-order valence-corrected chi connectivity index (χ3v) is 4.35. The molecule has 0 saturated heterocycles. The molecule has 1 fully saturated rings. The van der Waals surface area contributed by atoms with Gasteiger partial charge in [-0.2, -0.15) is 5.26 Å². The van der Waals surface area contributed by atoms with E-state index >= 15 is 0 Å². The second-order valence-electron chi connectivity index (χ2n) is 6.53. The second-order valence-corrected chi connectivity index (χ2v) is 6.53. The van der Waals surface area contributed by atoms with Crippen LogP contribution in [-0.4, -0.2) is 30.6 Å². The normalized spacial score (nSPS) is 20.8. The van der Waals surface area contributed by atoms with Gasteiger partial charge in [0, 0.05) is 6.04 Å². The molecule has 6 nitrogen and oxygen atoms in total. The number of carbonyl (C=O) groups excluding carboxylic acids is 2. The highest BCUT2D eigenvalue weighted by atomic mass is 16.6. The SMILES string of the molecule is CC1CCC(NC(=O)COC(=O)[C@H](C)Oc2ccc(C#N)cc2)CC1. The minimum atomic E-state index is -0.837. The summed E-state index contributed by atoms with van der Waals surface area (Å²) >= 11 is 0. The summed E-state index contributed by atoms with van der Waals surface area (Å²) in [5.41, 5.74) is 0.511. The van der Waals surface area contributed by atoms with Crippen molar-refractivity contribution in [1.29, 1.82) is 5.26 Å². The van der Waals surface area contributed by atoms with Crippen molar-refractivity contribution in [2.24, 2.45) is 5.92 Å². The van der Waals surface area contributed by atoms with Crippen LogP contribution >= 0.6 is 0 Å². The van der Waals surface area contributed by atoms with Gasteiger partial charge < -0.3 is 14.8 Å². The van der Waals surface area contributed by atoms with E-state index in [1.165, 1.54) is 0 Å². The second kappa shape index (κ2) is 9.07. The van der Waals surface area contributed by atoms with Gasteiger partial charge in [-0.1, -0.05) is 6.92 Å². The van der Waals surface area contributed by atoms with Crippen molar-refractivity contribution < 1.29 is 19.1 Å². The van der Waals surface area contributed by atoms with Crippen molar-refractivity contribution in [1.82, 2.24) is 5.32 Å². The fourth-order valence-corrected chi connectivity index (χ4v) is 2.79. The fraction of sp³-hybridized carbons (Fsp3) is 0.526. The number of hydrogen-bond donors (Lipinski definition) is 1. The molecule has 1 aliphatic rings. The lowest BCUT2D eigenvalue weighted by Crippen LogP contribution is -2.40. The number of nitrogens with zero attached hydrogens (tertiary/aromatic N) is 1. The van der Waals surface area contributed by atoms with Crippen LogP contribution in [0.5, 0.6) is 5.75 Å². The summed E-state index contributed by atoms with van der Waals surface area (Å²) in [6.45, 7) is 3.47. The van der Waals surface area contributed by atoms with Crippen LogP contribution in [0.25, 0.3) is 0 Å². The molecule has 0 heterocycles. The maximum Gasteiger partial charge on any atom is 0.347 e. The molecular weight excluding hydrogens is 320 g/mol. The predicted octanol–water partition coefficient (Wildman–Crippen LogP) is 2.56. The summed E-state index contributed by atoms with van der Waals surface area (Å²) in [5, 5.41) is 11.7. The molecule has 1 N–H and O–H groups in total. The molecule has 0 aliphatic heterocycles. The molecule has 1 aromatic rings. The molecule has 0 unspecified atom stereocenters. The molecule has 1 aromatic carbocycles. The van der Waals surface area contributed by atoms with Crippen molar-refractivity contribution in [2.75, 3.05) is 6.61 Å². The minimum absolute atomic E-state index is 0.176. The Labute approximate surface area is 148 Å². The summed E-state index contributed by atoms with van der Waals surface area (Å²) in [7, 11) is 0. The smallest absolute Gasteiger partial charge is 0.347 e. The van der Waals surface area contributed by atoms with Crippen molar-refractivity contribution in [3.63, 3.8) is 0 Å². The number of rotatable bonds is 6. The van der Waals surface area contributed by atoms with Crippen molar-refractivity contribution >= 4 is 11.9 Å². The number of benzene rings is 1. The molecule has 6 heteroatoms. The number of esters is 1. The highest BCUT2D eigenvalue weighted by Gasteiger charge is 2.21. The largest absolute Gasteiger partial charge is 0.479 e. The lowest BCUT2D eigenvalue weighted by Gasteiger charge is -2.26. The average Bonchev–Trinajstić information content (AvgIpc) is 2.62. The Kier molecular flexibility index (Phi) is 6.81. The average molecular weight is 344 g/mol. The van der Waals surface area contributed by atoms with Gasteiger partial charge in [0.1, 0.15) is 5.75 Å². The Morgan fingerprint density at radius 1 is 1.24 bits per heavy atom. The first-order valence-electron chi connectivity index (χ1n) is 8.60. The number of amides is 1. The van der Waals surface area contributed by atoms with Crippen molar-refractivity contribution in [2.45, 2.75) is 51.7 Å². The van der Waals surface area contributed by atoms with Crippen LogP contribution in [0.1, 0.15) is 45.1 Å². The highest BCUT2D eigenvalue weighted by Crippen LogP contribution is 2.23. The molecule has 1 aliphatic carbocycles. The Morgan fingerprint density at radius 2 is 1.88 bits per heavy atom. The van der Waals surface area contributed by atoms with Gasteiger partial charge in [-0.05, 0) is 62.8 Å². The molecule has 0 spiro atoms. The van der Waals surface area contributed by atoms with Crippen LogP contribution in [0.2, 0.25) is 0 Å². The van der Waals surface area contributed by atoms with Gasteiger partial charge in [0.2, 0.25) is 0 Å². The van der Waals surface area contributed by atoms with Gasteiger partial charge in [0.25, 0.3) is 5.91 Å². The predicted molar refractivity (Wildman–Crippen MR) is 91.8 cm³/mol. The van der Waals surface area contributed by atoms with Gasteiger partial charge in [0.05, 0.1) is 11.6 Å². The van der Waals surface area contributed by atoms with E-state index in [1.54, 1.807) is 31.2 Å². The topological polar surface area (TPSA) is 88.4 Å². The minimum Gasteiger partial charge on any atom is -0.479 e. The molecule has 2 rings (SSSR count). The standard InChI is InChI=1S/C19H24N2O4/c1-13-3-7-16(8-4-13)21-18(22)12-24-19(23)14(2)25-17-9-5-15(11-20)6-10-17/h5-6,9-10,13-14,16H,3-4,7-8,12H2,1-2H3,(H,21,22)/t13?,14-,16?/m0/s1. The fourth-order valence-electron chi connectivity index (χ4n) is 2.79. The number of carbonyl (C=O) groups is 2. The van der Waals surface area contributed by atoms with E-state index < -0.39 is 12.1 Å². The Morgan fingerprint density at radius 3 is 2.48 bits per heavy atom. The summed E-state index contributed by atoms with van der Waals surface area (Å²) in [5.74, 6) is 0.297. The van der Waals surface area contributed by atoms with Crippen LogP contribution < -0.4 is 10.1 Å². The summed E-state index contributed by atoms with van der Waals surface area (Å²) in [6, 6.07) is 8.61.